The van der Waals surface area contributed by atoms with Gasteiger partial charge in [0.1, 0.15) is 11.0 Å². The van der Waals surface area contributed by atoms with Gasteiger partial charge in [0.15, 0.2) is 11.4 Å². The Morgan fingerprint density at radius 1 is 1.08 bits per heavy atom. The molecule has 0 fully saturated rings. The Morgan fingerprint density at radius 2 is 1.84 bits per heavy atom. The van der Waals surface area contributed by atoms with Gasteiger partial charge >= 0.3 is 10.1 Å². The highest BCUT2D eigenvalue weighted by atomic mass is 32.2. The SMILES string of the molecule is Cc1ccc(S(=O)(=O)Oc2cc(-c3ccccn3)cnc2C#N)cc1. The van der Waals surface area contributed by atoms with E-state index < -0.39 is 10.1 Å². The van der Waals surface area contributed by atoms with Gasteiger partial charge in [-0.1, -0.05) is 23.8 Å². The Bertz CT molecular complexity index is 1040. The molecule has 0 saturated heterocycles. The first-order valence-corrected chi connectivity index (χ1v) is 8.73. The molecule has 2 aromatic heterocycles. The quantitative estimate of drug-likeness (QED) is 0.671. The summed E-state index contributed by atoms with van der Waals surface area (Å²) in [6, 6.07) is 14.8. The van der Waals surface area contributed by atoms with Crippen LogP contribution in [-0.4, -0.2) is 18.4 Å². The van der Waals surface area contributed by atoms with E-state index in [0.29, 0.717) is 11.3 Å². The molecule has 124 valence electrons. The number of aromatic nitrogens is 2. The van der Waals surface area contributed by atoms with Crippen molar-refractivity contribution in [2.24, 2.45) is 0 Å². The van der Waals surface area contributed by atoms with Gasteiger partial charge in [0.05, 0.1) is 5.69 Å². The Morgan fingerprint density at radius 3 is 2.48 bits per heavy atom. The van der Waals surface area contributed by atoms with Crippen LogP contribution in [0.2, 0.25) is 0 Å². The van der Waals surface area contributed by atoms with E-state index in [1.54, 1.807) is 36.5 Å². The second-order valence-corrected chi connectivity index (χ2v) is 6.79. The molecular weight excluding hydrogens is 338 g/mol. The van der Waals surface area contributed by atoms with E-state index in [1.807, 2.05) is 13.0 Å². The maximum absolute atomic E-state index is 12.5. The molecule has 25 heavy (non-hydrogen) atoms. The van der Waals surface area contributed by atoms with Crippen LogP contribution in [0.5, 0.6) is 5.75 Å². The second-order valence-electron chi connectivity index (χ2n) is 5.25. The minimum Gasteiger partial charge on any atom is -0.376 e. The Labute approximate surface area is 145 Å². The van der Waals surface area contributed by atoms with Crippen LogP contribution in [0.3, 0.4) is 0 Å². The molecule has 0 N–H and O–H groups in total. The maximum Gasteiger partial charge on any atom is 0.339 e. The first-order chi connectivity index (χ1) is 12.0. The van der Waals surface area contributed by atoms with E-state index in [0.717, 1.165) is 5.56 Å². The molecule has 0 amide bonds. The number of pyridine rings is 2. The molecule has 2 heterocycles. The lowest BCUT2D eigenvalue weighted by atomic mass is 10.1. The van der Waals surface area contributed by atoms with E-state index in [4.69, 9.17) is 4.18 Å². The predicted molar refractivity (Wildman–Crippen MR) is 91.2 cm³/mol. The highest BCUT2D eigenvalue weighted by Crippen LogP contribution is 2.26. The third-order valence-electron chi connectivity index (χ3n) is 3.43. The standard InChI is InChI=1S/C18H13N3O3S/c1-13-5-7-15(8-6-13)25(22,23)24-18-10-14(12-21-17(18)11-19)16-4-2-3-9-20-16/h2-10,12H,1H3. The minimum absolute atomic E-state index is 0.00484. The number of benzene rings is 1. The zero-order chi connectivity index (χ0) is 17.9. The van der Waals surface area contributed by atoms with Crippen LogP contribution in [0.15, 0.2) is 65.8 Å². The van der Waals surface area contributed by atoms with Crippen molar-refractivity contribution >= 4 is 10.1 Å². The van der Waals surface area contributed by atoms with Gasteiger partial charge in [-0.05, 0) is 37.3 Å². The largest absolute Gasteiger partial charge is 0.376 e. The summed E-state index contributed by atoms with van der Waals surface area (Å²) in [6.07, 6.45) is 3.06. The topological polar surface area (TPSA) is 92.9 Å². The van der Waals surface area contributed by atoms with E-state index in [1.165, 1.54) is 24.4 Å². The summed E-state index contributed by atoms with van der Waals surface area (Å²) in [4.78, 5) is 8.16. The average Bonchev–Trinajstić information content (AvgIpc) is 2.62. The van der Waals surface area contributed by atoms with Crippen LogP contribution in [-0.2, 0) is 10.1 Å². The van der Waals surface area contributed by atoms with Crippen molar-refractivity contribution in [2.45, 2.75) is 11.8 Å². The zero-order valence-electron chi connectivity index (χ0n) is 13.2. The summed E-state index contributed by atoms with van der Waals surface area (Å²) in [5.41, 5.74) is 1.96. The molecule has 0 radical (unpaired) electrons. The number of aryl methyl sites for hydroxylation is 1. The predicted octanol–water partition coefficient (Wildman–Crippen LogP) is 3.09. The molecule has 0 aliphatic heterocycles. The fourth-order valence-electron chi connectivity index (χ4n) is 2.14. The monoisotopic (exact) mass is 351 g/mol. The highest BCUT2D eigenvalue weighted by Gasteiger charge is 2.20. The molecular formula is C18H13N3O3S. The van der Waals surface area contributed by atoms with E-state index in [-0.39, 0.29) is 16.3 Å². The third kappa shape index (κ3) is 3.65. The summed E-state index contributed by atoms with van der Waals surface area (Å²) < 4.78 is 30.1. The van der Waals surface area contributed by atoms with Crippen LogP contribution >= 0.6 is 0 Å². The van der Waals surface area contributed by atoms with Gasteiger partial charge in [-0.3, -0.25) is 4.98 Å². The lowest BCUT2D eigenvalue weighted by molar-refractivity contribution is 0.484. The van der Waals surface area contributed by atoms with Crippen molar-refractivity contribution < 1.29 is 12.6 Å². The Balaban J connectivity index is 2.01. The van der Waals surface area contributed by atoms with E-state index in [2.05, 4.69) is 9.97 Å². The molecule has 3 rings (SSSR count). The lowest BCUT2D eigenvalue weighted by Crippen LogP contribution is -2.11. The van der Waals surface area contributed by atoms with Gasteiger partial charge in [-0.25, -0.2) is 4.98 Å². The van der Waals surface area contributed by atoms with Gasteiger partial charge in [0.25, 0.3) is 0 Å². The molecule has 0 aliphatic rings. The van der Waals surface area contributed by atoms with Gasteiger partial charge in [0, 0.05) is 18.0 Å². The van der Waals surface area contributed by atoms with Crippen molar-refractivity contribution in [3.8, 4) is 23.1 Å². The normalized spacial score (nSPS) is 10.9. The summed E-state index contributed by atoms with van der Waals surface area (Å²) in [5.74, 6) is -0.133. The summed E-state index contributed by atoms with van der Waals surface area (Å²) in [5, 5.41) is 9.18. The number of nitrogens with zero attached hydrogens (tertiary/aromatic N) is 3. The second kappa shape index (κ2) is 6.71. The van der Waals surface area contributed by atoms with Gasteiger partial charge in [-0.15, -0.1) is 0 Å². The number of nitriles is 1. The van der Waals surface area contributed by atoms with Crippen LogP contribution in [0, 0.1) is 18.3 Å². The zero-order valence-corrected chi connectivity index (χ0v) is 14.1. The number of hydrogen-bond donors (Lipinski definition) is 0. The summed E-state index contributed by atoms with van der Waals surface area (Å²) in [7, 11) is -4.07. The first kappa shape index (κ1) is 16.6. The van der Waals surface area contributed by atoms with Crippen molar-refractivity contribution in [3.05, 3.63) is 72.2 Å². The van der Waals surface area contributed by atoms with Crippen LogP contribution < -0.4 is 4.18 Å². The average molecular weight is 351 g/mol. The number of rotatable bonds is 4. The fraction of sp³-hybridized carbons (Fsp3) is 0.0556. The van der Waals surface area contributed by atoms with Gasteiger partial charge in [-0.2, -0.15) is 13.7 Å². The Kier molecular flexibility index (Phi) is 4.46. The van der Waals surface area contributed by atoms with E-state index >= 15 is 0 Å². The lowest BCUT2D eigenvalue weighted by Gasteiger charge is -2.09. The van der Waals surface area contributed by atoms with Crippen molar-refractivity contribution in [1.82, 2.24) is 9.97 Å². The van der Waals surface area contributed by atoms with Crippen molar-refractivity contribution in [1.29, 1.82) is 5.26 Å². The van der Waals surface area contributed by atoms with E-state index in [9.17, 15) is 13.7 Å². The summed E-state index contributed by atoms with van der Waals surface area (Å²) >= 11 is 0. The van der Waals surface area contributed by atoms with Crippen molar-refractivity contribution in [3.63, 3.8) is 0 Å². The molecule has 7 heteroatoms. The molecule has 0 atom stereocenters. The number of hydrogen-bond acceptors (Lipinski definition) is 6. The molecule has 1 aromatic carbocycles. The van der Waals surface area contributed by atoms with Crippen LogP contribution in [0.1, 0.15) is 11.3 Å². The first-order valence-electron chi connectivity index (χ1n) is 7.32. The molecule has 0 aliphatic carbocycles. The molecule has 6 nitrogen and oxygen atoms in total. The van der Waals surface area contributed by atoms with Crippen LogP contribution in [0.4, 0.5) is 0 Å². The smallest absolute Gasteiger partial charge is 0.339 e. The molecule has 3 aromatic rings. The molecule has 0 saturated carbocycles. The minimum atomic E-state index is -4.07. The fourth-order valence-corrected chi connectivity index (χ4v) is 3.07. The molecule has 0 unspecified atom stereocenters. The molecule has 0 spiro atoms. The summed E-state index contributed by atoms with van der Waals surface area (Å²) in [6.45, 7) is 1.85. The van der Waals surface area contributed by atoms with Crippen LogP contribution in [0.25, 0.3) is 11.3 Å². The third-order valence-corrected chi connectivity index (χ3v) is 4.68. The van der Waals surface area contributed by atoms with Crippen molar-refractivity contribution in [2.75, 3.05) is 0 Å². The molecule has 0 bridgehead atoms. The van der Waals surface area contributed by atoms with Gasteiger partial charge in [0.2, 0.25) is 0 Å². The highest BCUT2D eigenvalue weighted by molar-refractivity contribution is 7.87. The maximum atomic E-state index is 12.5. The Hall–Kier alpha value is -3.24. The van der Waals surface area contributed by atoms with Gasteiger partial charge < -0.3 is 4.18 Å².